The largest absolute Gasteiger partial charge is 0.335 e. The van der Waals surface area contributed by atoms with Crippen LogP contribution in [0.15, 0.2) is 30.3 Å². The van der Waals surface area contributed by atoms with E-state index in [1.807, 2.05) is 18.2 Å². The Morgan fingerprint density at radius 1 is 1.27 bits per heavy atom. The van der Waals surface area contributed by atoms with Gasteiger partial charge in [0, 0.05) is 24.2 Å². The Morgan fingerprint density at radius 2 is 2.00 bits per heavy atom. The van der Waals surface area contributed by atoms with Crippen LogP contribution in [0, 0.1) is 0 Å². The van der Waals surface area contributed by atoms with Crippen LogP contribution in [0.4, 0.5) is 4.79 Å². The Hall–Kier alpha value is -1.79. The lowest BCUT2D eigenvalue weighted by molar-refractivity contribution is -0.138. The quantitative estimate of drug-likeness (QED) is 0.794. The van der Waals surface area contributed by atoms with Crippen LogP contribution in [0.1, 0.15) is 5.56 Å². The third-order valence-electron chi connectivity index (χ3n) is 3.63. The van der Waals surface area contributed by atoms with Gasteiger partial charge in [-0.1, -0.05) is 41.6 Å². The molecule has 7 heteroatoms. The number of rotatable bonds is 3. The maximum absolute atomic E-state index is 12.0. The van der Waals surface area contributed by atoms with E-state index in [0.717, 1.165) is 17.3 Å². The summed E-state index contributed by atoms with van der Waals surface area (Å²) in [6, 6.07) is 7.06. The molecule has 2 saturated heterocycles. The van der Waals surface area contributed by atoms with Crippen LogP contribution in [0.5, 0.6) is 0 Å². The summed E-state index contributed by atoms with van der Waals surface area (Å²) in [5, 5.41) is 0.368. The number of halogens is 1. The third-order valence-corrected chi connectivity index (χ3v) is 4.81. The summed E-state index contributed by atoms with van der Waals surface area (Å²) in [6.45, 7) is 0.785. The molecule has 5 nitrogen and oxygen atoms in total. The van der Waals surface area contributed by atoms with Crippen molar-refractivity contribution in [3.8, 4) is 0 Å². The van der Waals surface area contributed by atoms with Gasteiger partial charge in [0.05, 0.1) is 11.8 Å². The highest BCUT2D eigenvalue weighted by molar-refractivity contribution is 8.14. The molecule has 0 unspecified atom stereocenters. The molecule has 0 saturated carbocycles. The van der Waals surface area contributed by atoms with Gasteiger partial charge in [0.15, 0.2) is 0 Å². The van der Waals surface area contributed by atoms with Crippen LogP contribution in [0.25, 0.3) is 6.08 Å². The first-order valence-electron chi connectivity index (χ1n) is 6.76. The molecule has 0 aromatic heterocycles. The van der Waals surface area contributed by atoms with E-state index >= 15 is 0 Å². The molecule has 0 radical (unpaired) electrons. The van der Waals surface area contributed by atoms with E-state index in [2.05, 4.69) is 0 Å². The van der Waals surface area contributed by atoms with Crippen molar-refractivity contribution < 1.29 is 14.4 Å². The van der Waals surface area contributed by atoms with Crippen molar-refractivity contribution in [2.75, 3.05) is 18.8 Å². The highest BCUT2D eigenvalue weighted by Gasteiger charge is 2.42. The summed E-state index contributed by atoms with van der Waals surface area (Å²) in [5.41, 5.74) is 0.774. The minimum Gasteiger partial charge on any atom is -0.335 e. The van der Waals surface area contributed by atoms with E-state index in [9.17, 15) is 14.4 Å². The molecule has 0 aliphatic carbocycles. The van der Waals surface area contributed by atoms with Gasteiger partial charge in [-0.3, -0.25) is 19.3 Å². The van der Waals surface area contributed by atoms with E-state index in [1.54, 1.807) is 17.0 Å². The SMILES string of the molecule is O=C(C=Cc1ccccc1Cl)N1CC(N2C(=O)CSC2=O)C1. The van der Waals surface area contributed by atoms with Crippen LogP contribution in [-0.4, -0.2) is 51.7 Å². The molecule has 2 aliphatic rings. The van der Waals surface area contributed by atoms with Crippen LogP contribution in [-0.2, 0) is 9.59 Å². The molecular weight excluding hydrogens is 324 g/mol. The highest BCUT2D eigenvalue weighted by Crippen LogP contribution is 2.26. The van der Waals surface area contributed by atoms with E-state index < -0.39 is 0 Å². The monoisotopic (exact) mass is 336 g/mol. The maximum atomic E-state index is 12.0. The van der Waals surface area contributed by atoms with Gasteiger partial charge in [-0.2, -0.15) is 0 Å². The fourth-order valence-electron chi connectivity index (χ4n) is 2.39. The van der Waals surface area contributed by atoms with Crippen LogP contribution in [0.2, 0.25) is 5.02 Å². The molecule has 1 aromatic carbocycles. The molecule has 22 heavy (non-hydrogen) atoms. The van der Waals surface area contributed by atoms with Crippen LogP contribution in [0.3, 0.4) is 0 Å². The van der Waals surface area contributed by atoms with Gasteiger partial charge in [-0.05, 0) is 17.7 Å². The van der Waals surface area contributed by atoms with Gasteiger partial charge in [-0.25, -0.2) is 0 Å². The van der Waals surface area contributed by atoms with E-state index in [-0.39, 0.29) is 28.8 Å². The van der Waals surface area contributed by atoms with Crippen molar-refractivity contribution in [1.82, 2.24) is 9.80 Å². The molecule has 0 bridgehead atoms. The van der Waals surface area contributed by atoms with E-state index in [1.165, 1.54) is 11.0 Å². The third kappa shape index (κ3) is 2.89. The normalized spacial score (nSPS) is 19.1. The Labute approximate surface area is 136 Å². The highest BCUT2D eigenvalue weighted by atomic mass is 35.5. The van der Waals surface area contributed by atoms with Crippen molar-refractivity contribution >= 4 is 46.5 Å². The zero-order valence-corrected chi connectivity index (χ0v) is 13.1. The van der Waals surface area contributed by atoms with Gasteiger partial charge < -0.3 is 4.90 Å². The Kier molecular flexibility index (Phi) is 4.22. The maximum Gasteiger partial charge on any atom is 0.289 e. The predicted molar refractivity (Wildman–Crippen MR) is 85.6 cm³/mol. The second-order valence-electron chi connectivity index (χ2n) is 5.07. The van der Waals surface area contributed by atoms with Crippen molar-refractivity contribution in [3.63, 3.8) is 0 Å². The first kappa shape index (κ1) is 15.1. The molecule has 3 rings (SSSR count). The standard InChI is InChI=1S/C15H13ClN2O3S/c16-12-4-2-1-3-10(12)5-6-13(19)17-7-11(8-17)18-14(20)9-22-15(18)21/h1-6,11H,7-9H2. The first-order chi connectivity index (χ1) is 10.6. The number of hydrogen-bond acceptors (Lipinski definition) is 4. The van der Waals surface area contributed by atoms with Gasteiger partial charge in [0.25, 0.3) is 5.24 Å². The molecule has 0 N–H and O–H groups in total. The second kappa shape index (κ2) is 6.14. The fourth-order valence-corrected chi connectivity index (χ4v) is 3.37. The van der Waals surface area contributed by atoms with Crippen LogP contribution >= 0.6 is 23.4 Å². The molecule has 0 spiro atoms. The Bertz CT molecular complexity index is 655. The number of nitrogens with zero attached hydrogens (tertiary/aromatic N) is 2. The zero-order chi connectivity index (χ0) is 15.7. The van der Waals surface area contributed by atoms with Crippen molar-refractivity contribution in [2.24, 2.45) is 0 Å². The zero-order valence-electron chi connectivity index (χ0n) is 11.6. The summed E-state index contributed by atoms with van der Waals surface area (Å²) in [7, 11) is 0. The summed E-state index contributed by atoms with van der Waals surface area (Å²) >= 11 is 7.03. The van der Waals surface area contributed by atoms with Gasteiger partial charge in [0.1, 0.15) is 0 Å². The van der Waals surface area contributed by atoms with Crippen LogP contribution < -0.4 is 0 Å². The molecule has 2 aliphatic heterocycles. The topological polar surface area (TPSA) is 57.7 Å². The lowest BCUT2D eigenvalue weighted by Gasteiger charge is -2.42. The Balaban J connectivity index is 1.57. The van der Waals surface area contributed by atoms with Gasteiger partial charge in [-0.15, -0.1) is 0 Å². The lowest BCUT2D eigenvalue weighted by atomic mass is 10.1. The van der Waals surface area contributed by atoms with Crippen molar-refractivity contribution in [2.45, 2.75) is 6.04 Å². The Morgan fingerprint density at radius 3 is 2.64 bits per heavy atom. The summed E-state index contributed by atoms with van der Waals surface area (Å²) in [4.78, 5) is 38.1. The summed E-state index contributed by atoms with van der Waals surface area (Å²) in [6.07, 6.45) is 3.12. The molecule has 114 valence electrons. The second-order valence-corrected chi connectivity index (χ2v) is 6.40. The lowest BCUT2D eigenvalue weighted by Crippen LogP contribution is -2.61. The molecule has 1 aromatic rings. The number of imide groups is 1. The molecular formula is C15H13ClN2O3S. The number of hydrogen-bond donors (Lipinski definition) is 0. The van der Waals surface area contributed by atoms with Gasteiger partial charge >= 0.3 is 0 Å². The van der Waals surface area contributed by atoms with Crippen molar-refractivity contribution in [3.05, 3.63) is 40.9 Å². The molecule has 2 fully saturated rings. The molecule has 0 atom stereocenters. The fraction of sp³-hybridized carbons (Fsp3) is 0.267. The van der Waals surface area contributed by atoms with Gasteiger partial charge in [0.2, 0.25) is 11.8 Å². The average molecular weight is 337 g/mol. The summed E-state index contributed by atoms with van der Waals surface area (Å²) in [5.74, 6) is -0.114. The number of thioether (sulfide) groups is 1. The molecule has 3 amide bonds. The predicted octanol–water partition coefficient (Wildman–Crippen LogP) is 2.26. The van der Waals surface area contributed by atoms with E-state index in [0.29, 0.717) is 18.1 Å². The van der Waals surface area contributed by atoms with E-state index in [4.69, 9.17) is 11.6 Å². The number of carbonyl (C=O) groups is 3. The van der Waals surface area contributed by atoms with Crippen molar-refractivity contribution in [1.29, 1.82) is 0 Å². The number of benzene rings is 1. The minimum atomic E-state index is -0.214. The number of carbonyl (C=O) groups excluding carboxylic acids is 3. The summed E-state index contributed by atoms with van der Waals surface area (Å²) < 4.78 is 0. The smallest absolute Gasteiger partial charge is 0.289 e. The minimum absolute atomic E-state index is 0.150. The first-order valence-corrected chi connectivity index (χ1v) is 8.13. The average Bonchev–Trinajstić information content (AvgIpc) is 2.77. The number of likely N-dealkylation sites (tertiary alicyclic amines) is 1. The molecule has 2 heterocycles. The number of amides is 3.